The molecule has 0 aliphatic heterocycles. The second-order valence-electron chi connectivity index (χ2n) is 2.99. The van der Waals surface area contributed by atoms with Crippen molar-refractivity contribution in [1.29, 1.82) is 0 Å². The van der Waals surface area contributed by atoms with E-state index in [-0.39, 0.29) is 16.8 Å². The molecule has 100 valence electrons. The number of hydrogen-bond donors (Lipinski definition) is 1. The fourth-order valence-corrected chi connectivity index (χ4v) is 1.61. The summed E-state index contributed by atoms with van der Waals surface area (Å²) in [5.41, 5.74) is -0.599. The normalized spacial score (nSPS) is 11.2. The number of methoxy groups -OCH3 is 1. The van der Waals surface area contributed by atoms with Gasteiger partial charge in [-0.15, -0.1) is 13.2 Å². The maximum absolute atomic E-state index is 12.1. The minimum absolute atomic E-state index is 0.0156. The van der Waals surface area contributed by atoms with E-state index in [4.69, 9.17) is 5.11 Å². The lowest BCUT2D eigenvalue weighted by Gasteiger charge is -2.13. The van der Waals surface area contributed by atoms with Crippen molar-refractivity contribution in [2.45, 2.75) is 11.7 Å². The SMILES string of the molecule is COc1cc(CBr)c(C(=O)O)c(OC(F)(F)F)n1. The summed E-state index contributed by atoms with van der Waals surface area (Å²) in [6.45, 7) is 0. The highest BCUT2D eigenvalue weighted by atomic mass is 79.9. The molecular weight excluding hydrogens is 323 g/mol. The second kappa shape index (κ2) is 5.42. The van der Waals surface area contributed by atoms with Gasteiger partial charge in [-0.25, -0.2) is 4.79 Å². The van der Waals surface area contributed by atoms with Crippen LogP contribution in [0.25, 0.3) is 0 Å². The predicted octanol–water partition coefficient (Wildman–Crippen LogP) is 2.58. The Kier molecular flexibility index (Phi) is 4.38. The molecule has 0 fully saturated rings. The fourth-order valence-electron chi connectivity index (χ4n) is 1.17. The molecule has 1 aromatic rings. The first kappa shape index (κ1) is 14.6. The zero-order valence-corrected chi connectivity index (χ0v) is 10.5. The molecule has 1 rings (SSSR count). The molecule has 0 aliphatic rings. The fraction of sp³-hybridized carbons (Fsp3) is 0.333. The molecule has 0 saturated carbocycles. The second-order valence-corrected chi connectivity index (χ2v) is 3.55. The van der Waals surface area contributed by atoms with Gasteiger partial charge in [0, 0.05) is 11.4 Å². The Morgan fingerprint density at radius 3 is 2.56 bits per heavy atom. The molecule has 5 nitrogen and oxygen atoms in total. The molecule has 0 saturated heterocycles. The molecule has 0 aliphatic carbocycles. The average Bonchev–Trinajstić information content (AvgIpc) is 2.25. The van der Waals surface area contributed by atoms with Crippen LogP contribution in [0.1, 0.15) is 15.9 Å². The number of carboxylic acids is 1. The molecule has 0 atom stereocenters. The molecule has 0 amide bonds. The van der Waals surface area contributed by atoms with Gasteiger partial charge in [0.25, 0.3) is 0 Å². The molecule has 0 bridgehead atoms. The highest BCUT2D eigenvalue weighted by molar-refractivity contribution is 9.08. The standard InChI is InChI=1S/C9H7BrF3NO4/c1-17-5-2-4(3-10)6(8(15)16)7(14-5)18-9(11,12)13/h2H,3H2,1H3,(H,15,16). The zero-order chi connectivity index (χ0) is 13.9. The summed E-state index contributed by atoms with van der Waals surface area (Å²) in [5.74, 6) is -2.80. The number of halogens is 4. The van der Waals surface area contributed by atoms with E-state index in [2.05, 4.69) is 30.4 Å². The highest BCUT2D eigenvalue weighted by Gasteiger charge is 2.35. The topological polar surface area (TPSA) is 68.7 Å². The van der Waals surface area contributed by atoms with Crippen molar-refractivity contribution in [2.75, 3.05) is 7.11 Å². The molecule has 0 unspecified atom stereocenters. The highest BCUT2D eigenvalue weighted by Crippen LogP contribution is 2.30. The number of aromatic nitrogens is 1. The molecule has 0 aromatic carbocycles. The van der Waals surface area contributed by atoms with Crippen molar-refractivity contribution in [3.8, 4) is 11.8 Å². The maximum Gasteiger partial charge on any atom is 0.574 e. The van der Waals surface area contributed by atoms with E-state index in [1.165, 1.54) is 13.2 Å². The zero-order valence-electron chi connectivity index (χ0n) is 8.92. The van der Waals surface area contributed by atoms with Crippen LogP contribution in [0.5, 0.6) is 11.8 Å². The smallest absolute Gasteiger partial charge is 0.481 e. The van der Waals surface area contributed by atoms with Crippen LogP contribution in [-0.2, 0) is 5.33 Å². The number of carbonyl (C=O) groups is 1. The van der Waals surface area contributed by atoms with Crippen LogP contribution in [0.3, 0.4) is 0 Å². The number of aromatic carboxylic acids is 1. The minimum Gasteiger partial charge on any atom is -0.481 e. The van der Waals surface area contributed by atoms with Gasteiger partial charge in [0.1, 0.15) is 5.56 Å². The Bertz CT molecular complexity index is 464. The van der Waals surface area contributed by atoms with Crippen molar-refractivity contribution in [3.05, 3.63) is 17.2 Å². The number of ether oxygens (including phenoxy) is 2. The van der Waals surface area contributed by atoms with E-state index in [1.54, 1.807) is 0 Å². The van der Waals surface area contributed by atoms with Crippen LogP contribution in [0, 0.1) is 0 Å². The number of nitrogens with zero attached hydrogens (tertiary/aromatic N) is 1. The van der Waals surface area contributed by atoms with E-state index < -0.39 is 23.8 Å². The van der Waals surface area contributed by atoms with Crippen molar-refractivity contribution < 1.29 is 32.5 Å². The van der Waals surface area contributed by atoms with E-state index in [0.29, 0.717) is 0 Å². The lowest BCUT2D eigenvalue weighted by atomic mass is 10.1. The van der Waals surface area contributed by atoms with Crippen molar-refractivity contribution in [3.63, 3.8) is 0 Å². The van der Waals surface area contributed by atoms with Crippen molar-refractivity contribution in [2.24, 2.45) is 0 Å². The molecule has 0 spiro atoms. The van der Waals surface area contributed by atoms with Gasteiger partial charge in [-0.1, -0.05) is 15.9 Å². The van der Waals surface area contributed by atoms with E-state index in [9.17, 15) is 18.0 Å². The van der Waals surface area contributed by atoms with Gasteiger partial charge in [-0.2, -0.15) is 4.98 Å². The Morgan fingerprint density at radius 2 is 2.17 bits per heavy atom. The summed E-state index contributed by atoms with van der Waals surface area (Å²) in [7, 11) is 1.19. The van der Waals surface area contributed by atoms with Crippen molar-refractivity contribution in [1.82, 2.24) is 4.98 Å². The van der Waals surface area contributed by atoms with Crippen LogP contribution in [0.2, 0.25) is 0 Å². The lowest BCUT2D eigenvalue weighted by molar-refractivity contribution is -0.276. The molecule has 1 heterocycles. The van der Waals surface area contributed by atoms with Gasteiger partial charge in [0.2, 0.25) is 11.8 Å². The summed E-state index contributed by atoms with van der Waals surface area (Å²) in [6.07, 6.45) is -5.03. The van der Waals surface area contributed by atoms with Gasteiger partial charge >= 0.3 is 12.3 Å². The first-order chi connectivity index (χ1) is 8.28. The largest absolute Gasteiger partial charge is 0.574 e. The number of carboxylic acid groups (broad SMARTS) is 1. The molecular formula is C9H7BrF3NO4. The van der Waals surface area contributed by atoms with Crippen LogP contribution >= 0.6 is 15.9 Å². The Balaban J connectivity index is 3.39. The maximum atomic E-state index is 12.1. The number of pyridine rings is 1. The molecule has 0 radical (unpaired) electrons. The van der Waals surface area contributed by atoms with Crippen LogP contribution in [0.4, 0.5) is 13.2 Å². The third-order valence-electron chi connectivity index (χ3n) is 1.82. The van der Waals surface area contributed by atoms with Crippen LogP contribution in [0.15, 0.2) is 6.07 Å². The number of hydrogen-bond acceptors (Lipinski definition) is 4. The lowest BCUT2D eigenvalue weighted by Crippen LogP contribution is -2.21. The van der Waals surface area contributed by atoms with E-state index in [1.807, 2.05) is 0 Å². The minimum atomic E-state index is -5.03. The molecule has 1 aromatic heterocycles. The van der Waals surface area contributed by atoms with Gasteiger partial charge < -0.3 is 14.6 Å². The number of rotatable bonds is 4. The van der Waals surface area contributed by atoms with E-state index in [0.717, 1.165) is 0 Å². The molecule has 9 heteroatoms. The van der Waals surface area contributed by atoms with Gasteiger partial charge in [-0.3, -0.25) is 0 Å². The third kappa shape index (κ3) is 3.49. The van der Waals surface area contributed by atoms with Gasteiger partial charge in [-0.05, 0) is 5.56 Å². The van der Waals surface area contributed by atoms with Crippen molar-refractivity contribution >= 4 is 21.9 Å². The molecule has 18 heavy (non-hydrogen) atoms. The Morgan fingerprint density at radius 1 is 1.56 bits per heavy atom. The van der Waals surface area contributed by atoms with Crippen LogP contribution < -0.4 is 9.47 Å². The number of alkyl halides is 4. The molecule has 1 N–H and O–H groups in total. The predicted molar refractivity (Wildman–Crippen MR) is 57.1 cm³/mol. The summed E-state index contributed by atoms with van der Waals surface area (Å²) in [6, 6.07) is 1.21. The van der Waals surface area contributed by atoms with Gasteiger partial charge in [0.05, 0.1) is 7.11 Å². The van der Waals surface area contributed by atoms with E-state index >= 15 is 0 Å². The summed E-state index contributed by atoms with van der Waals surface area (Å²) in [4.78, 5) is 14.3. The summed E-state index contributed by atoms with van der Waals surface area (Å²) < 4.78 is 44.7. The third-order valence-corrected chi connectivity index (χ3v) is 2.43. The summed E-state index contributed by atoms with van der Waals surface area (Å²) in [5, 5.41) is 8.90. The Hall–Kier alpha value is -1.51. The Labute approximate surface area is 108 Å². The summed E-state index contributed by atoms with van der Waals surface area (Å²) >= 11 is 2.97. The first-order valence-electron chi connectivity index (χ1n) is 4.41. The monoisotopic (exact) mass is 329 g/mol. The average molecular weight is 330 g/mol. The first-order valence-corrected chi connectivity index (χ1v) is 5.53. The quantitative estimate of drug-likeness (QED) is 0.860. The van der Waals surface area contributed by atoms with Crippen LogP contribution in [-0.4, -0.2) is 29.5 Å². The van der Waals surface area contributed by atoms with Gasteiger partial charge in [0.15, 0.2) is 0 Å².